The monoisotopic (exact) mass is 371 g/mol. The van der Waals surface area contributed by atoms with Gasteiger partial charge in [0.05, 0.1) is 12.3 Å². The van der Waals surface area contributed by atoms with Crippen LogP contribution in [0.1, 0.15) is 35.9 Å². The fourth-order valence-electron chi connectivity index (χ4n) is 3.08. The standard InChI is InChI=1S/C21H33N5O/c1-15-10-7-8-11-20(15)27-13-9-12-23-21(22-5)24-16(2)14-19-17(3)25-26(6)18(19)4/h7-8,10-11,16H,9,12-14H2,1-6H3,(H2,22,23,24). The molecule has 0 amide bonds. The molecule has 0 saturated carbocycles. The van der Waals surface area contributed by atoms with E-state index in [2.05, 4.69) is 54.5 Å². The average Bonchev–Trinajstić information content (AvgIpc) is 2.88. The number of ether oxygens (including phenoxy) is 1. The van der Waals surface area contributed by atoms with Gasteiger partial charge in [0.15, 0.2) is 5.96 Å². The number of hydrogen-bond donors (Lipinski definition) is 2. The molecule has 1 atom stereocenters. The van der Waals surface area contributed by atoms with Gasteiger partial charge in [0.25, 0.3) is 0 Å². The van der Waals surface area contributed by atoms with Crippen molar-refractivity contribution in [1.82, 2.24) is 20.4 Å². The lowest BCUT2D eigenvalue weighted by Crippen LogP contribution is -2.43. The normalized spacial score (nSPS) is 12.7. The lowest BCUT2D eigenvalue weighted by molar-refractivity contribution is 0.309. The Balaban J connectivity index is 1.73. The molecule has 0 aliphatic rings. The van der Waals surface area contributed by atoms with Gasteiger partial charge in [-0.2, -0.15) is 5.10 Å². The van der Waals surface area contributed by atoms with Crippen LogP contribution in [0.5, 0.6) is 5.75 Å². The fraction of sp³-hybridized carbons (Fsp3) is 0.524. The van der Waals surface area contributed by atoms with Crippen molar-refractivity contribution in [3.8, 4) is 5.75 Å². The molecule has 0 aliphatic carbocycles. The summed E-state index contributed by atoms with van der Waals surface area (Å²) in [5.41, 5.74) is 4.79. The summed E-state index contributed by atoms with van der Waals surface area (Å²) in [5.74, 6) is 1.77. The third kappa shape index (κ3) is 6.01. The number of aryl methyl sites for hydroxylation is 3. The summed E-state index contributed by atoms with van der Waals surface area (Å²) in [6.07, 6.45) is 1.83. The van der Waals surface area contributed by atoms with Gasteiger partial charge >= 0.3 is 0 Å². The van der Waals surface area contributed by atoms with Crippen molar-refractivity contribution >= 4 is 5.96 Å². The second kappa shape index (κ2) is 10.00. The van der Waals surface area contributed by atoms with E-state index in [1.807, 2.05) is 29.9 Å². The molecule has 0 aliphatic heterocycles. The van der Waals surface area contributed by atoms with Crippen LogP contribution in [0.25, 0.3) is 0 Å². The summed E-state index contributed by atoms with van der Waals surface area (Å²) in [4.78, 5) is 4.32. The Morgan fingerprint density at radius 2 is 2.00 bits per heavy atom. The van der Waals surface area contributed by atoms with E-state index in [0.717, 1.165) is 42.4 Å². The zero-order chi connectivity index (χ0) is 19.8. The summed E-state index contributed by atoms with van der Waals surface area (Å²) in [5, 5.41) is 11.3. The molecule has 0 saturated heterocycles. The lowest BCUT2D eigenvalue weighted by Gasteiger charge is -2.18. The number of nitrogens with one attached hydrogen (secondary N) is 2. The summed E-state index contributed by atoms with van der Waals surface area (Å²) in [6, 6.07) is 8.36. The Morgan fingerprint density at radius 3 is 2.63 bits per heavy atom. The van der Waals surface area contributed by atoms with Gasteiger partial charge in [0.1, 0.15) is 5.75 Å². The fourth-order valence-corrected chi connectivity index (χ4v) is 3.08. The second-order valence-electron chi connectivity index (χ2n) is 6.99. The van der Waals surface area contributed by atoms with Crippen molar-refractivity contribution in [1.29, 1.82) is 0 Å². The predicted molar refractivity (Wildman–Crippen MR) is 112 cm³/mol. The number of nitrogens with zero attached hydrogens (tertiary/aromatic N) is 3. The summed E-state index contributed by atoms with van der Waals surface area (Å²) in [7, 11) is 3.79. The quantitative estimate of drug-likeness (QED) is 0.425. The number of benzene rings is 1. The summed E-state index contributed by atoms with van der Waals surface area (Å²) < 4.78 is 7.77. The van der Waals surface area contributed by atoms with Gasteiger partial charge in [-0.3, -0.25) is 9.67 Å². The maximum Gasteiger partial charge on any atom is 0.191 e. The van der Waals surface area contributed by atoms with Gasteiger partial charge in [-0.05, 0) is 57.7 Å². The molecule has 0 bridgehead atoms. The van der Waals surface area contributed by atoms with Crippen molar-refractivity contribution in [3.05, 3.63) is 46.8 Å². The molecule has 0 fully saturated rings. The highest BCUT2D eigenvalue weighted by Gasteiger charge is 2.13. The van der Waals surface area contributed by atoms with Crippen LogP contribution in [0.4, 0.5) is 0 Å². The van der Waals surface area contributed by atoms with Crippen LogP contribution in [0.15, 0.2) is 29.3 Å². The maximum absolute atomic E-state index is 5.83. The number of aromatic nitrogens is 2. The highest BCUT2D eigenvalue weighted by molar-refractivity contribution is 5.79. The molecule has 0 spiro atoms. The largest absolute Gasteiger partial charge is 0.493 e. The molecule has 1 aromatic heterocycles. The van der Waals surface area contributed by atoms with Crippen molar-refractivity contribution in [2.45, 2.75) is 46.6 Å². The Hall–Kier alpha value is -2.50. The van der Waals surface area contributed by atoms with E-state index in [-0.39, 0.29) is 6.04 Å². The lowest BCUT2D eigenvalue weighted by atomic mass is 10.1. The van der Waals surface area contributed by atoms with Crippen LogP contribution in [0.2, 0.25) is 0 Å². The molecule has 2 rings (SSSR count). The topological polar surface area (TPSA) is 63.5 Å². The molecular weight excluding hydrogens is 338 g/mol. The third-order valence-electron chi connectivity index (χ3n) is 4.74. The molecule has 2 N–H and O–H groups in total. The highest BCUT2D eigenvalue weighted by atomic mass is 16.5. The molecule has 2 aromatic rings. The Labute approximate surface area is 163 Å². The Kier molecular flexibility index (Phi) is 7.70. The minimum atomic E-state index is 0.265. The van der Waals surface area contributed by atoms with Gasteiger partial charge < -0.3 is 15.4 Å². The Bertz CT molecular complexity index is 766. The van der Waals surface area contributed by atoms with Crippen molar-refractivity contribution < 1.29 is 4.74 Å². The highest BCUT2D eigenvalue weighted by Crippen LogP contribution is 2.16. The van der Waals surface area contributed by atoms with Gasteiger partial charge in [-0.15, -0.1) is 0 Å². The number of para-hydroxylation sites is 1. The van der Waals surface area contributed by atoms with E-state index in [1.165, 1.54) is 11.3 Å². The average molecular weight is 372 g/mol. The first kappa shape index (κ1) is 20.8. The van der Waals surface area contributed by atoms with Gasteiger partial charge in [-0.25, -0.2) is 0 Å². The van der Waals surface area contributed by atoms with Gasteiger partial charge in [-0.1, -0.05) is 18.2 Å². The molecule has 6 heteroatoms. The first-order valence-electron chi connectivity index (χ1n) is 9.57. The molecule has 0 radical (unpaired) electrons. The smallest absolute Gasteiger partial charge is 0.191 e. The maximum atomic E-state index is 5.83. The number of aliphatic imine (C=N–C) groups is 1. The minimum absolute atomic E-state index is 0.265. The van der Waals surface area contributed by atoms with Gasteiger partial charge in [0.2, 0.25) is 0 Å². The van der Waals surface area contributed by atoms with Crippen LogP contribution in [0.3, 0.4) is 0 Å². The number of hydrogen-bond acceptors (Lipinski definition) is 3. The number of rotatable bonds is 8. The zero-order valence-electron chi connectivity index (χ0n) is 17.5. The Morgan fingerprint density at radius 1 is 1.26 bits per heavy atom. The van der Waals surface area contributed by atoms with Crippen LogP contribution < -0.4 is 15.4 Å². The number of guanidine groups is 1. The third-order valence-corrected chi connectivity index (χ3v) is 4.74. The van der Waals surface area contributed by atoms with Crippen LogP contribution in [-0.4, -0.2) is 42.0 Å². The first-order valence-corrected chi connectivity index (χ1v) is 9.57. The van der Waals surface area contributed by atoms with E-state index in [9.17, 15) is 0 Å². The van der Waals surface area contributed by atoms with Crippen molar-refractivity contribution in [2.75, 3.05) is 20.2 Å². The molecule has 6 nitrogen and oxygen atoms in total. The first-order chi connectivity index (χ1) is 12.9. The summed E-state index contributed by atoms with van der Waals surface area (Å²) in [6.45, 7) is 9.90. The van der Waals surface area contributed by atoms with E-state index in [4.69, 9.17) is 4.74 Å². The van der Waals surface area contributed by atoms with E-state index in [0.29, 0.717) is 6.61 Å². The van der Waals surface area contributed by atoms with E-state index < -0.39 is 0 Å². The van der Waals surface area contributed by atoms with Crippen molar-refractivity contribution in [2.24, 2.45) is 12.0 Å². The van der Waals surface area contributed by atoms with Gasteiger partial charge in [0, 0.05) is 32.4 Å². The van der Waals surface area contributed by atoms with Crippen molar-refractivity contribution in [3.63, 3.8) is 0 Å². The molecule has 1 heterocycles. The zero-order valence-corrected chi connectivity index (χ0v) is 17.5. The molecule has 27 heavy (non-hydrogen) atoms. The van der Waals surface area contributed by atoms with Crippen LogP contribution in [0, 0.1) is 20.8 Å². The SMILES string of the molecule is CN=C(NCCCOc1ccccc1C)NC(C)Cc1c(C)nn(C)c1C. The minimum Gasteiger partial charge on any atom is -0.493 e. The van der Waals surface area contributed by atoms with E-state index in [1.54, 1.807) is 7.05 Å². The molecule has 1 unspecified atom stereocenters. The molecule has 1 aromatic carbocycles. The summed E-state index contributed by atoms with van der Waals surface area (Å²) >= 11 is 0. The predicted octanol–water partition coefficient (Wildman–Crippen LogP) is 2.91. The molecule has 148 valence electrons. The molecular formula is C21H33N5O. The second-order valence-corrected chi connectivity index (χ2v) is 6.99. The van der Waals surface area contributed by atoms with E-state index >= 15 is 0 Å². The van der Waals surface area contributed by atoms with Crippen LogP contribution >= 0.6 is 0 Å². The van der Waals surface area contributed by atoms with Crippen LogP contribution in [-0.2, 0) is 13.5 Å².